The van der Waals surface area contributed by atoms with Crippen LogP contribution in [0.15, 0.2) is 34.9 Å². The van der Waals surface area contributed by atoms with Gasteiger partial charge < -0.3 is 14.9 Å². The molecule has 2 atom stereocenters. The van der Waals surface area contributed by atoms with Crippen molar-refractivity contribution in [1.82, 2.24) is 5.16 Å². The van der Waals surface area contributed by atoms with E-state index in [-0.39, 0.29) is 18.4 Å². The second-order valence-electron chi connectivity index (χ2n) is 6.25. The maximum atomic E-state index is 12.3. The molecular weight excluding hydrogens is 292 g/mol. The molecule has 1 amide bonds. The minimum atomic E-state index is -0.399. The Bertz CT molecular complexity index is 647. The van der Waals surface area contributed by atoms with E-state index in [1.54, 1.807) is 31.2 Å². The highest BCUT2D eigenvalue weighted by Gasteiger charge is 2.22. The quantitative estimate of drug-likeness (QED) is 0.852. The molecule has 0 aliphatic carbocycles. The number of carbonyl (C=O) groups is 1. The summed E-state index contributed by atoms with van der Waals surface area (Å²) in [5.41, 5.74) is 2.13. The first-order valence-corrected chi connectivity index (χ1v) is 7.89. The molecule has 0 radical (unpaired) electrons. The molecule has 0 aliphatic rings. The molecule has 124 valence electrons. The van der Waals surface area contributed by atoms with Crippen LogP contribution in [-0.2, 0) is 11.4 Å². The number of rotatable bonds is 6. The first-order valence-electron chi connectivity index (χ1n) is 7.89. The van der Waals surface area contributed by atoms with Crippen LogP contribution < -0.4 is 5.32 Å². The number of aliphatic hydroxyl groups is 1. The van der Waals surface area contributed by atoms with Crippen LogP contribution >= 0.6 is 0 Å². The normalized spacial score (nSPS) is 13.8. The number of carbonyl (C=O) groups excluding carboxylic acids is 1. The molecule has 1 aromatic carbocycles. The topological polar surface area (TPSA) is 75.4 Å². The van der Waals surface area contributed by atoms with Crippen molar-refractivity contribution in [2.24, 2.45) is 5.92 Å². The first-order chi connectivity index (χ1) is 10.9. The Kier molecular flexibility index (Phi) is 5.55. The molecule has 2 aromatic rings. The summed E-state index contributed by atoms with van der Waals surface area (Å²) in [5.74, 6) is 0.979. The van der Waals surface area contributed by atoms with E-state index in [1.165, 1.54) is 0 Å². The van der Waals surface area contributed by atoms with Crippen molar-refractivity contribution in [1.29, 1.82) is 0 Å². The zero-order valence-corrected chi connectivity index (χ0v) is 14.0. The number of amides is 1. The van der Waals surface area contributed by atoms with Crippen LogP contribution in [0.3, 0.4) is 0 Å². The molecule has 0 spiro atoms. The van der Waals surface area contributed by atoms with Crippen LogP contribution in [0.25, 0.3) is 0 Å². The van der Waals surface area contributed by atoms with E-state index in [9.17, 15) is 4.79 Å². The van der Waals surface area contributed by atoms with Gasteiger partial charge in [-0.15, -0.1) is 0 Å². The number of benzene rings is 1. The summed E-state index contributed by atoms with van der Waals surface area (Å²) in [4.78, 5) is 12.3. The molecule has 5 heteroatoms. The van der Waals surface area contributed by atoms with Gasteiger partial charge in [-0.3, -0.25) is 4.79 Å². The highest BCUT2D eigenvalue weighted by molar-refractivity contribution is 5.95. The number of aliphatic hydroxyl groups excluding tert-OH is 1. The molecule has 0 bridgehead atoms. The van der Waals surface area contributed by atoms with Crippen molar-refractivity contribution in [3.05, 3.63) is 47.3 Å². The van der Waals surface area contributed by atoms with Crippen molar-refractivity contribution < 1.29 is 14.4 Å². The SMILES string of the molecule is CC(C(=O)Nc1ccc(CO)cc1)c1cc([C@@H](C)C(C)C)on1. The van der Waals surface area contributed by atoms with Crippen molar-refractivity contribution in [2.75, 3.05) is 5.32 Å². The molecular formula is C18H24N2O3. The molecule has 2 N–H and O–H groups in total. The smallest absolute Gasteiger partial charge is 0.233 e. The number of anilines is 1. The van der Waals surface area contributed by atoms with Crippen molar-refractivity contribution in [3.8, 4) is 0 Å². The van der Waals surface area contributed by atoms with Gasteiger partial charge in [0, 0.05) is 17.7 Å². The van der Waals surface area contributed by atoms with E-state index >= 15 is 0 Å². The summed E-state index contributed by atoms with van der Waals surface area (Å²) in [6.07, 6.45) is 0. The van der Waals surface area contributed by atoms with E-state index in [4.69, 9.17) is 9.63 Å². The molecule has 0 saturated heterocycles. The molecule has 23 heavy (non-hydrogen) atoms. The Morgan fingerprint density at radius 2 is 1.87 bits per heavy atom. The molecule has 0 saturated carbocycles. The Morgan fingerprint density at radius 1 is 1.22 bits per heavy atom. The van der Waals surface area contributed by atoms with Gasteiger partial charge in [0.2, 0.25) is 5.91 Å². The average molecular weight is 316 g/mol. The lowest BCUT2D eigenvalue weighted by molar-refractivity contribution is -0.117. The molecule has 1 aromatic heterocycles. The number of hydrogen-bond donors (Lipinski definition) is 2. The van der Waals surface area contributed by atoms with E-state index in [2.05, 4.69) is 31.2 Å². The third-order valence-electron chi connectivity index (χ3n) is 4.24. The number of hydrogen-bond acceptors (Lipinski definition) is 4. The zero-order chi connectivity index (χ0) is 17.0. The Labute approximate surface area is 136 Å². The fraction of sp³-hybridized carbons (Fsp3) is 0.444. The Balaban J connectivity index is 2.04. The zero-order valence-electron chi connectivity index (χ0n) is 14.0. The average Bonchev–Trinajstić information content (AvgIpc) is 3.03. The van der Waals surface area contributed by atoms with Crippen LogP contribution in [0.2, 0.25) is 0 Å². The summed E-state index contributed by atoms with van der Waals surface area (Å²) < 4.78 is 5.38. The number of nitrogens with one attached hydrogen (secondary N) is 1. The minimum absolute atomic E-state index is 0.0135. The predicted molar refractivity (Wildman–Crippen MR) is 89.2 cm³/mol. The third-order valence-corrected chi connectivity index (χ3v) is 4.24. The molecule has 5 nitrogen and oxygen atoms in total. The fourth-order valence-electron chi connectivity index (χ4n) is 2.13. The van der Waals surface area contributed by atoms with Crippen molar-refractivity contribution >= 4 is 11.6 Å². The van der Waals surface area contributed by atoms with Crippen LogP contribution in [-0.4, -0.2) is 16.2 Å². The van der Waals surface area contributed by atoms with Crippen LogP contribution in [0.4, 0.5) is 5.69 Å². The maximum absolute atomic E-state index is 12.3. The van der Waals surface area contributed by atoms with Crippen LogP contribution in [0.1, 0.15) is 56.5 Å². The third kappa shape index (κ3) is 4.20. The van der Waals surface area contributed by atoms with Crippen molar-refractivity contribution in [2.45, 2.75) is 46.1 Å². The van der Waals surface area contributed by atoms with Gasteiger partial charge in [0.05, 0.1) is 18.2 Å². The van der Waals surface area contributed by atoms with Gasteiger partial charge in [-0.25, -0.2) is 0 Å². The molecule has 0 fully saturated rings. The van der Waals surface area contributed by atoms with Gasteiger partial charge in [-0.2, -0.15) is 0 Å². The Hall–Kier alpha value is -2.14. The Morgan fingerprint density at radius 3 is 2.43 bits per heavy atom. The highest BCUT2D eigenvalue weighted by Crippen LogP contribution is 2.27. The van der Waals surface area contributed by atoms with Crippen LogP contribution in [0.5, 0.6) is 0 Å². The fourth-order valence-corrected chi connectivity index (χ4v) is 2.13. The van der Waals surface area contributed by atoms with Gasteiger partial charge >= 0.3 is 0 Å². The maximum Gasteiger partial charge on any atom is 0.233 e. The molecule has 0 aliphatic heterocycles. The molecule has 1 unspecified atom stereocenters. The predicted octanol–water partition coefficient (Wildman–Crippen LogP) is 3.67. The number of nitrogens with zero attached hydrogens (tertiary/aromatic N) is 1. The highest BCUT2D eigenvalue weighted by atomic mass is 16.5. The second-order valence-corrected chi connectivity index (χ2v) is 6.25. The van der Waals surface area contributed by atoms with Gasteiger partial charge in [0.25, 0.3) is 0 Å². The van der Waals surface area contributed by atoms with Gasteiger partial charge in [0.1, 0.15) is 5.76 Å². The standard InChI is InChI=1S/C18H24N2O3/c1-11(2)12(3)17-9-16(20-23-17)13(4)18(22)19-15-7-5-14(10-21)6-8-15/h5-9,11-13,21H,10H2,1-4H3,(H,19,22)/t12-,13?/m0/s1. The molecule has 1 heterocycles. The van der Waals surface area contributed by atoms with Gasteiger partial charge in [-0.05, 0) is 30.5 Å². The lowest BCUT2D eigenvalue weighted by Gasteiger charge is -2.11. The van der Waals surface area contributed by atoms with Crippen LogP contribution in [0, 0.1) is 5.92 Å². The summed E-state index contributed by atoms with van der Waals surface area (Å²) in [5, 5.41) is 15.9. The summed E-state index contributed by atoms with van der Waals surface area (Å²) in [7, 11) is 0. The second kappa shape index (κ2) is 7.42. The molecule has 2 rings (SSSR count). The lowest BCUT2D eigenvalue weighted by Crippen LogP contribution is -2.19. The van der Waals surface area contributed by atoms with E-state index in [0.29, 0.717) is 17.3 Å². The minimum Gasteiger partial charge on any atom is -0.392 e. The summed E-state index contributed by atoms with van der Waals surface area (Å²) >= 11 is 0. The summed E-state index contributed by atoms with van der Waals surface area (Å²) in [6, 6.07) is 8.96. The van der Waals surface area contributed by atoms with E-state index in [1.807, 2.05) is 6.07 Å². The number of aromatic nitrogens is 1. The summed E-state index contributed by atoms with van der Waals surface area (Å²) in [6.45, 7) is 8.12. The van der Waals surface area contributed by atoms with E-state index < -0.39 is 5.92 Å². The van der Waals surface area contributed by atoms with E-state index in [0.717, 1.165) is 11.3 Å². The van der Waals surface area contributed by atoms with Gasteiger partial charge in [-0.1, -0.05) is 38.1 Å². The lowest BCUT2D eigenvalue weighted by atomic mass is 9.94. The largest absolute Gasteiger partial charge is 0.392 e. The van der Waals surface area contributed by atoms with Crippen molar-refractivity contribution in [3.63, 3.8) is 0 Å². The first kappa shape index (κ1) is 17.2. The monoisotopic (exact) mass is 316 g/mol. The van der Waals surface area contributed by atoms with Gasteiger partial charge in [0.15, 0.2) is 0 Å².